The first kappa shape index (κ1) is 35.1. The summed E-state index contributed by atoms with van der Waals surface area (Å²) in [6.45, 7) is 0. The number of hydrogen-bond donors (Lipinski definition) is 1. The van der Waals surface area contributed by atoms with Crippen LogP contribution in [0.1, 0.15) is 46.2 Å². The molecule has 0 saturated carbocycles. The normalized spacial score (nSPS) is 22.4. The first-order chi connectivity index (χ1) is 29.2. The van der Waals surface area contributed by atoms with Gasteiger partial charge >= 0.3 is 0 Å². The number of nitrogens with one attached hydrogen (secondary N) is 1. The highest BCUT2D eigenvalue weighted by atomic mass is 15.2. The molecule has 0 aromatic heterocycles. The van der Waals surface area contributed by atoms with Gasteiger partial charge in [-0.2, -0.15) is 0 Å². The van der Waals surface area contributed by atoms with E-state index in [0.717, 1.165) is 35.6 Å². The van der Waals surface area contributed by atoms with Crippen molar-refractivity contribution in [3.05, 3.63) is 257 Å². The summed E-state index contributed by atoms with van der Waals surface area (Å²) in [6, 6.07) is 56.8. The van der Waals surface area contributed by atoms with Crippen LogP contribution in [-0.4, -0.2) is 17.8 Å². The van der Waals surface area contributed by atoms with Gasteiger partial charge in [0.05, 0.1) is 5.41 Å². The Morgan fingerprint density at radius 2 is 1.25 bits per heavy atom. The van der Waals surface area contributed by atoms with E-state index in [-0.39, 0.29) is 17.5 Å². The Morgan fingerprint density at radius 1 is 0.576 bits per heavy atom. The van der Waals surface area contributed by atoms with Crippen LogP contribution in [0, 0.1) is 11.8 Å². The highest BCUT2D eigenvalue weighted by Crippen LogP contribution is 2.59. The van der Waals surface area contributed by atoms with E-state index in [1.165, 1.54) is 61.2 Å². The van der Waals surface area contributed by atoms with Crippen LogP contribution < -0.4 is 5.32 Å². The molecule has 5 aliphatic rings. The number of amidine groups is 2. The molecule has 6 aromatic rings. The summed E-state index contributed by atoms with van der Waals surface area (Å²) in [6.07, 6.45) is 22.6. The minimum Gasteiger partial charge on any atom is -0.344 e. The minimum absolute atomic E-state index is 0.230. The second-order valence-electron chi connectivity index (χ2n) is 16.1. The topological polar surface area (TPSA) is 36.8 Å². The van der Waals surface area contributed by atoms with Crippen LogP contribution >= 0.6 is 0 Å². The van der Waals surface area contributed by atoms with E-state index in [1.54, 1.807) is 0 Å². The van der Waals surface area contributed by atoms with Crippen LogP contribution in [0.5, 0.6) is 0 Å². The molecule has 282 valence electrons. The van der Waals surface area contributed by atoms with Crippen molar-refractivity contribution < 1.29 is 0 Å². The zero-order valence-corrected chi connectivity index (χ0v) is 32.7. The van der Waals surface area contributed by atoms with Gasteiger partial charge in [-0.15, -0.1) is 0 Å². The molecule has 1 N–H and O–H groups in total. The average molecular weight is 758 g/mol. The molecule has 0 spiro atoms. The fourth-order valence-corrected chi connectivity index (χ4v) is 10.00. The number of fused-ring (bicyclic) bond motifs is 4. The van der Waals surface area contributed by atoms with Gasteiger partial charge in [0.15, 0.2) is 5.84 Å². The zero-order valence-electron chi connectivity index (χ0n) is 32.7. The SMILES string of the molecule is C1=CCC([C@@]2(c3ccccc3)c3ccccc3-c3c(C4=CC5=CC=C(C6N=C(c7ccccc7)N=C(c7ccc(-c8ccccc8)cc7)N6)CC5C=C4)cccc32)C=C1. The summed E-state index contributed by atoms with van der Waals surface area (Å²) in [4.78, 5) is 10.3. The van der Waals surface area contributed by atoms with Crippen LogP contribution in [0.3, 0.4) is 0 Å². The number of hydrogen-bond acceptors (Lipinski definition) is 3. The van der Waals surface area contributed by atoms with Gasteiger partial charge in [0.2, 0.25) is 0 Å². The molecule has 1 heterocycles. The van der Waals surface area contributed by atoms with Crippen LogP contribution in [0.15, 0.2) is 234 Å². The molecule has 3 nitrogen and oxygen atoms in total. The molecule has 3 heteroatoms. The van der Waals surface area contributed by atoms with E-state index in [0.29, 0.717) is 5.92 Å². The lowest BCUT2D eigenvalue weighted by Gasteiger charge is -2.39. The maximum Gasteiger partial charge on any atom is 0.159 e. The second kappa shape index (κ2) is 14.7. The maximum atomic E-state index is 5.23. The monoisotopic (exact) mass is 757 g/mol. The summed E-state index contributed by atoms with van der Waals surface area (Å²) < 4.78 is 0. The van der Waals surface area contributed by atoms with Crippen molar-refractivity contribution in [2.75, 3.05) is 0 Å². The Balaban J connectivity index is 0.952. The average Bonchev–Trinajstić information content (AvgIpc) is 3.63. The van der Waals surface area contributed by atoms with Crippen LogP contribution in [0.25, 0.3) is 27.8 Å². The van der Waals surface area contributed by atoms with E-state index < -0.39 is 0 Å². The third-order valence-corrected chi connectivity index (χ3v) is 12.8. The molecule has 0 radical (unpaired) electrons. The van der Waals surface area contributed by atoms with Gasteiger partial charge in [0.25, 0.3) is 0 Å². The van der Waals surface area contributed by atoms with E-state index >= 15 is 0 Å². The fourth-order valence-electron chi connectivity index (χ4n) is 10.00. The minimum atomic E-state index is -0.286. The number of benzene rings is 6. The first-order valence-corrected chi connectivity index (χ1v) is 20.8. The Labute approximate surface area is 346 Å². The molecule has 11 rings (SSSR count). The van der Waals surface area contributed by atoms with Crippen molar-refractivity contribution in [3.8, 4) is 22.3 Å². The van der Waals surface area contributed by atoms with Gasteiger partial charge in [-0.25, -0.2) is 9.98 Å². The van der Waals surface area contributed by atoms with Gasteiger partial charge in [-0.3, -0.25) is 0 Å². The predicted molar refractivity (Wildman–Crippen MR) is 244 cm³/mol. The maximum absolute atomic E-state index is 5.23. The van der Waals surface area contributed by atoms with Gasteiger partial charge in [0.1, 0.15) is 12.0 Å². The number of rotatable bonds is 7. The first-order valence-electron chi connectivity index (χ1n) is 20.8. The molecule has 0 bridgehead atoms. The Kier molecular flexibility index (Phi) is 8.73. The smallest absolute Gasteiger partial charge is 0.159 e. The Morgan fingerprint density at radius 3 is 2.03 bits per heavy atom. The highest BCUT2D eigenvalue weighted by molar-refractivity contribution is 6.13. The summed E-state index contributed by atoms with van der Waals surface area (Å²) in [5.41, 5.74) is 16.1. The van der Waals surface area contributed by atoms with E-state index in [9.17, 15) is 0 Å². The number of allylic oxidation sites excluding steroid dienone is 11. The molecule has 0 saturated heterocycles. The van der Waals surface area contributed by atoms with E-state index in [4.69, 9.17) is 9.98 Å². The fraction of sp³-hybridized carbons (Fsp3) is 0.107. The molecular weight excluding hydrogens is 715 g/mol. The van der Waals surface area contributed by atoms with Crippen molar-refractivity contribution in [1.29, 1.82) is 0 Å². The number of aliphatic imine (C=N–C) groups is 2. The van der Waals surface area contributed by atoms with Gasteiger partial charge in [-0.05, 0) is 80.0 Å². The summed E-state index contributed by atoms with van der Waals surface area (Å²) in [5, 5.41) is 3.73. The number of nitrogens with zero attached hydrogens (tertiary/aromatic N) is 2. The Hall–Kier alpha value is -7.10. The molecule has 59 heavy (non-hydrogen) atoms. The van der Waals surface area contributed by atoms with Crippen molar-refractivity contribution in [2.24, 2.45) is 21.8 Å². The molecular formula is C56H43N3. The lowest BCUT2D eigenvalue weighted by Crippen LogP contribution is -2.40. The lowest BCUT2D eigenvalue weighted by atomic mass is 9.62. The van der Waals surface area contributed by atoms with E-state index in [1.807, 2.05) is 6.07 Å². The second-order valence-corrected chi connectivity index (χ2v) is 16.1. The molecule has 4 atom stereocenters. The standard InChI is InChI=1S/C56H43N3/c1-5-16-38(17-6-1)39-28-30-41(31-29-39)54-57-53(40-18-7-2-8-19-40)58-55(59-54)45-35-33-42-36-44(34-32-43(42)37-45)48-25-15-27-51-52(48)49-24-13-14-26-50(49)56(51,46-20-9-3-10-21-46)47-22-11-4-12-23-47/h1-22,24-36,43,47,55H,23,37H2,(H,57,58,59)/t43?,47?,55?,56-/m0/s1. The zero-order chi connectivity index (χ0) is 39.2. The van der Waals surface area contributed by atoms with Crippen molar-refractivity contribution >= 4 is 17.2 Å². The molecule has 1 aliphatic heterocycles. The van der Waals surface area contributed by atoms with Crippen molar-refractivity contribution in [2.45, 2.75) is 24.4 Å². The van der Waals surface area contributed by atoms with Crippen LogP contribution in [0.4, 0.5) is 0 Å². The molecule has 3 unspecified atom stereocenters. The highest BCUT2D eigenvalue weighted by Gasteiger charge is 2.49. The Bertz CT molecular complexity index is 2830. The predicted octanol–water partition coefficient (Wildman–Crippen LogP) is 12.4. The van der Waals surface area contributed by atoms with Gasteiger partial charge in [0, 0.05) is 17.0 Å². The van der Waals surface area contributed by atoms with Crippen molar-refractivity contribution in [1.82, 2.24) is 5.32 Å². The summed E-state index contributed by atoms with van der Waals surface area (Å²) in [5.74, 6) is 2.15. The summed E-state index contributed by atoms with van der Waals surface area (Å²) >= 11 is 0. The molecule has 6 aromatic carbocycles. The lowest BCUT2D eigenvalue weighted by molar-refractivity contribution is 0.457. The van der Waals surface area contributed by atoms with Crippen LogP contribution in [-0.2, 0) is 5.41 Å². The van der Waals surface area contributed by atoms with Gasteiger partial charge < -0.3 is 5.32 Å². The molecule has 4 aliphatic carbocycles. The van der Waals surface area contributed by atoms with E-state index in [2.05, 4.69) is 212 Å². The molecule has 0 amide bonds. The summed E-state index contributed by atoms with van der Waals surface area (Å²) in [7, 11) is 0. The van der Waals surface area contributed by atoms with Gasteiger partial charge in [-0.1, -0.05) is 212 Å². The quantitative estimate of drug-likeness (QED) is 0.173. The third kappa shape index (κ3) is 6.04. The van der Waals surface area contributed by atoms with Crippen molar-refractivity contribution in [3.63, 3.8) is 0 Å². The molecule has 0 fully saturated rings. The van der Waals surface area contributed by atoms with Crippen LogP contribution in [0.2, 0.25) is 0 Å². The largest absolute Gasteiger partial charge is 0.344 e. The third-order valence-electron chi connectivity index (χ3n) is 12.8.